The number of pyridine rings is 1. The van der Waals surface area contributed by atoms with Crippen molar-refractivity contribution in [1.82, 2.24) is 10.3 Å². The van der Waals surface area contributed by atoms with Crippen molar-refractivity contribution in [2.75, 3.05) is 32.1 Å². The maximum absolute atomic E-state index is 5.32. The fraction of sp³-hybridized carbons (Fsp3) is 0.615. The second-order valence-electron chi connectivity index (χ2n) is 4.82. The van der Waals surface area contributed by atoms with E-state index in [1.54, 1.807) is 7.11 Å². The van der Waals surface area contributed by atoms with E-state index < -0.39 is 0 Å². The third-order valence-corrected chi connectivity index (χ3v) is 3.28. The molecule has 0 amide bonds. The van der Waals surface area contributed by atoms with Crippen LogP contribution < -0.4 is 10.6 Å². The number of ether oxygens (including phenoxy) is 1. The lowest BCUT2D eigenvalue weighted by Crippen LogP contribution is -2.49. The summed E-state index contributed by atoms with van der Waals surface area (Å²) in [6.45, 7) is 4.75. The lowest BCUT2D eigenvalue weighted by atomic mass is 9.98. The van der Waals surface area contributed by atoms with E-state index in [0.29, 0.717) is 0 Å². The van der Waals surface area contributed by atoms with Gasteiger partial charge in [-0.3, -0.25) is 0 Å². The molecule has 0 aromatic carbocycles. The first kappa shape index (κ1) is 12.3. The zero-order valence-electron chi connectivity index (χ0n) is 10.6. The Morgan fingerprint density at radius 3 is 3.12 bits per heavy atom. The number of aromatic nitrogens is 1. The van der Waals surface area contributed by atoms with Crippen molar-refractivity contribution in [3.63, 3.8) is 0 Å². The summed E-state index contributed by atoms with van der Waals surface area (Å²) in [4.78, 5) is 4.31. The van der Waals surface area contributed by atoms with Crippen LogP contribution >= 0.6 is 0 Å². The molecule has 94 valence electrons. The number of anilines is 1. The number of hydrogen-bond donors (Lipinski definition) is 2. The number of aryl methyl sites for hydroxylation is 1. The summed E-state index contributed by atoms with van der Waals surface area (Å²) in [5.41, 5.74) is 1.29. The molecule has 2 heterocycles. The van der Waals surface area contributed by atoms with Gasteiger partial charge in [0.15, 0.2) is 0 Å². The molecule has 0 spiro atoms. The first-order chi connectivity index (χ1) is 8.24. The Labute approximate surface area is 103 Å². The zero-order valence-corrected chi connectivity index (χ0v) is 10.6. The molecule has 1 saturated heterocycles. The first-order valence-electron chi connectivity index (χ1n) is 6.15. The van der Waals surface area contributed by atoms with Crippen LogP contribution in [0.15, 0.2) is 18.3 Å². The predicted octanol–water partition coefficient (Wildman–Crippen LogP) is 1.57. The standard InChI is InChI=1S/C13H21N3O/c1-11-4-7-14-12(8-11)15-9-13(10-17-2)5-3-6-16-13/h4,7-8,16H,3,5-6,9-10H2,1-2H3,(H,14,15). The molecule has 2 rings (SSSR count). The molecule has 0 aliphatic carbocycles. The van der Waals surface area contributed by atoms with Crippen LogP contribution in [-0.2, 0) is 4.74 Å². The molecule has 1 fully saturated rings. The fourth-order valence-electron chi connectivity index (χ4n) is 2.36. The van der Waals surface area contributed by atoms with Gasteiger partial charge in [-0.2, -0.15) is 0 Å². The van der Waals surface area contributed by atoms with Gasteiger partial charge >= 0.3 is 0 Å². The zero-order chi connectivity index (χ0) is 12.1. The third-order valence-electron chi connectivity index (χ3n) is 3.28. The van der Waals surface area contributed by atoms with Crippen LogP contribution in [0.3, 0.4) is 0 Å². The van der Waals surface area contributed by atoms with Crippen molar-refractivity contribution < 1.29 is 4.74 Å². The minimum absolute atomic E-state index is 0.0696. The van der Waals surface area contributed by atoms with Gasteiger partial charge in [0.05, 0.1) is 12.1 Å². The van der Waals surface area contributed by atoms with Crippen LogP contribution in [0.5, 0.6) is 0 Å². The number of rotatable bonds is 5. The molecule has 0 radical (unpaired) electrons. The summed E-state index contributed by atoms with van der Waals surface area (Å²) in [6.07, 6.45) is 4.20. The second kappa shape index (κ2) is 5.47. The third kappa shape index (κ3) is 3.17. The lowest BCUT2D eigenvalue weighted by molar-refractivity contribution is 0.127. The van der Waals surface area contributed by atoms with E-state index in [9.17, 15) is 0 Å². The van der Waals surface area contributed by atoms with E-state index in [4.69, 9.17) is 4.74 Å². The molecular formula is C13H21N3O. The highest BCUT2D eigenvalue weighted by Crippen LogP contribution is 2.20. The molecular weight excluding hydrogens is 214 g/mol. The number of nitrogens with zero attached hydrogens (tertiary/aromatic N) is 1. The van der Waals surface area contributed by atoms with Gasteiger partial charge in [-0.05, 0) is 44.0 Å². The fourth-order valence-corrected chi connectivity index (χ4v) is 2.36. The molecule has 1 aliphatic heterocycles. The smallest absolute Gasteiger partial charge is 0.126 e. The Morgan fingerprint density at radius 2 is 2.47 bits per heavy atom. The molecule has 2 N–H and O–H groups in total. The van der Waals surface area contributed by atoms with Gasteiger partial charge in [0, 0.05) is 19.9 Å². The van der Waals surface area contributed by atoms with Crippen LogP contribution in [0.25, 0.3) is 0 Å². The SMILES string of the molecule is COCC1(CNc2cc(C)ccn2)CCCN1. The number of hydrogen-bond acceptors (Lipinski definition) is 4. The minimum atomic E-state index is 0.0696. The van der Waals surface area contributed by atoms with Crippen LogP contribution in [0.4, 0.5) is 5.82 Å². The largest absolute Gasteiger partial charge is 0.383 e. The van der Waals surface area contributed by atoms with Crippen molar-refractivity contribution in [1.29, 1.82) is 0 Å². The van der Waals surface area contributed by atoms with Gasteiger partial charge < -0.3 is 15.4 Å². The Balaban J connectivity index is 1.95. The summed E-state index contributed by atoms with van der Waals surface area (Å²) < 4.78 is 5.32. The van der Waals surface area contributed by atoms with Crippen molar-refractivity contribution in [2.24, 2.45) is 0 Å². The minimum Gasteiger partial charge on any atom is -0.383 e. The molecule has 0 bridgehead atoms. The number of nitrogens with one attached hydrogen (secondary N) is 2. The van der Waals surface area contributed by atoms with E-state index in [2.05, 4.69) is 28.6 Å². The summed E-state index contributed by atoms with van der Waals surface area (Å²) >= 11 is 0. The maximum Gasteiger partial charge on any atom is 0.126 e. The molecule has 1 atom stereocenters. The van der Waals surface area contributed by atoms with Crippen LogP contribution in [0.2, 0.25) is 0 Å². The maximum atomic E-state index is 5.32. The van der Waals surface area contributed by atoms with Crippen LogP contribution in [0.1, 0.15) is 18.4 Å². The Morgan fingerprint density at radius 1 is 1.59 bits per heavy atom. The Kier molecular flexibility index (Phi) is 3.97. The molecule has 1 unspecified atom stereocenters. The first-order valence-corrected chi connectivity index (χ1v) is 6.15. The molecule has 1 aromatic rings. The van der Waals surface area contributed by atoms with Gasteiger partial charge in [0.1, 0.15) is 5.82 Å². The van der Waals surface area contributed by atoms with E-state index in [1.807, 2.05) is 12.3 Å². The van der Waals surface area contributed by atoms with Gasteiger partial charge in [0.25, 0.3) is 0 Å². The monoisotopic (exact) mass is 235 g/mol. The van der Waals surface area contributed by atoms with Crippen molar-refractivity contribution in [3.8, 4) is 0 Å². The average Bonchev–Trinajstić information content (AvgIpc) is 2.76. The number of methoxy groups -OCH3 is 1. The molecule has 4 nitrogen and oxygen atoms in total. The summed E-state index contributed by atoms with van der Waals surface area (Å²) in [5.74, 6) is 0.939. The van der Waals surface area contributed by atoms with E-state index in [0.717, 1.165) is 31.9 Å². The molecule has 1 aliphatic rings. The van der Waals surface area contributed by atoms with Gasteiger partial charge in [-0.25, -0.2) is 4.98 Å². The molecule has 1 aromatic heterocycles. The summed E-state index contributed by atoms with van der Waals surface area (Å²) in [7, 11) is 1.76. The van der Waals surface area contributed by atoms with Crippen molar-refractivity contribution in [2.45, 2.75) is 25.3 Å². The summed E-state index contributed by atoms with van der Waals surface area (Å²) in [6, 6.07) is 4.07. The second-order valence-corrected chi connectivity index (χ2v) is 4.82. The molecule has 0 saturated carbocycles. The lowest BCUT2D eigenvalue weighted by Gasteiger charge is -2.29. The van der Waals surface area contributed by atoms with Crippen LogP contribution in [0, 0.1) is 6.92 Å². The van der Waals surface area contributed by atoms with Gasteiger partial charge in [-0.15, -0.1) is 0 Å². The normalized spacial score (nSPS) is 23.9. The summed E-state index contributed by atoms with van der Waals surface area (Å²) in [5, 5.41) is 6.94. The Hall–Kier alpha value is -1.13. The van der Waals surface area contributed by atoms with Gasteiger partial charge in [0.2, 0.25) is 0 Å². The van der Waals surface area contributed by atoms with Gasteiger partial charge in [-0.1, -0.05) is 0 Å². The highest BCUT2D eigenvalue weighted by Gasteiger charge is 2.33. The highest BCUT2D eigenvalue weighted by atomic mass is 16.5. The molecule has 17 heavy (non-hydrogen) atoms. The molecule has 4 heteroatoms. The Bertz CT molecular complexity index is 361. The van der Waals surface area contributed by atoms with E-state index >= 15 is 0 Å². The average molecular weight is 235 g/mol. The predicted molar refractivity (Wildman–Crippen MR) is 69.3 cm³/mol. The van der Waals surface area contributed by atoms with Crippen molar-refractivity contribution in [3.05, 3.63) is 23.9 Å². The highest BCUT2D eigenvalue weighted by molar-refractivity contribution is 5.37. The van der Waals surface area contributed by atoms with E-state index in [1.165, 1.54) is 12.0 Å². The van der Waals surface area contributed by atoms with Crippen LogP contribution in [-0.4, -0.2) is 37.3 Å². The topological polar surface area (TPSA) is 46.2 Å². The van der Waals surface area contributed by atoms with Crippen molar-refractivity contribution >= 4 is 5.82 Å². The quantitative estimate of drug-likeness (QED) is 0.813. The van der Waals surface area contributed by atoms with E-state index in [-0.39, 0.29) is 5.54 Å².